The predicted octanol–water partition coefficient (Wildman–Crippen LogP) is 3.11. The molecule has 5 nitrogen and oxygen atoms in total. The van der Waals surface area contributed by atoms with E-state index in [-0.39, 0.29) is 11.3 Å². The summed E-state index contributed by atoms with van der Waals surface area (Å²) in [4.78, 5) is 16.7. The molecule has 3 aromatic rings. The Bertz CT molecular complexity index is 863. The van der Waals surface area contributed by atoms with Crippen LogP contribution in [0.25, 0.3) is 5.52 Å². The number of carbonyl (C=O) groups is 1. The second-order valence-electron chi connectivity index (χ2n) is 5.92. The van der Waals surface area contributed by atoms with Crippen molar-refractivity contribution in [3.8, 4) is 0 Å². The Labute approximate surface area is 145 Å². The van der Waals surface area contributed by atoms with Crippen LogP contribution in [0.1, 0.15) is 42.1 Å². The van der Waals surface area contributed by atoms with Crippen LogP contribution in [-0.2, 0) is 0 Å². The van der Waals surface area contributed by atoms with E-state index in [1.165, 1.54) is 22.7 Å². The van der Waals surface area contributed by atoms with Gasteiger partial charge >= 0.3 is 0 Å². The van der Waals surface area contributed by atoms with Crippen molar-refractivity contribution in [2.45, 2.75) is 31.9 Å². The Morgan fingerprint density at radius 2 is 2.04 bits per heavy atom. The molecule has 2 atom stereocenters. The standard InChI is InChI=1S/C19H20FN3O2/c1-2-7-15(17(24)13-8-4-3-5-9-13)22-19(25)18-21-12-16-14(20)10-6-11-23(16)18/h3-6,8-12,15,17,24H,2,7H2,1H3,(H,22,25). The van der Waals surface area contributed by atoms with Gasteiger partial charge < -0.3 is 10.4 Å². The first kappa shape index (κ1) is 17.1. The lowest BCUT2D eigenvalue weighted by molar-refractivity contribution is 0.0809. The van der Waals surface area contributed by atoms with Crippen molar-refractivity contribution in [3.63, 3.8) is 0 Å². The van der Waals surface area contributed by atoms with E-state index in [1.54, 1.807) is 6.20 Å². The van der Waals surface area contributed by atoms with Gasteiger partial charge in [-0.3, -0.25) is 9.20 Å². The van der Waals surface area contributed by atoms with E-state index >= 15 is 0 Å². The molecule has 0 aliphatic rings. The first-order valence-corrected chi connectivity index (χ1v) is 8.27. The molecule has 6 heteroatoms. The van der Waals surface area contributed by atoms with Gasteiger partial charge in [0.2, 0.25) is 5.82 Å². The lowest BCUT2D eigenvalue weighted by Crippen LogP contribution is -2.40. The molecule has 130 valence electrons. The van der Waals surface area contributed by atoms with Crippen LogP contribution in [0.4, 0.5) is 4.39 Å². The number of fused-ring (bicyclic) bond motifs is 1. The van der Waals surface area contributed by atoms with Crippen molar-refractivity contribution >= 4 is 11.4 Å². The number of pyridine rings is 1. The highest BCUT2D eigenvalue weighted by molar-refractivity contribution is 5.92. The largest absolute Gasteiger partial charge is 0.386 e. The van der Waals surface area contributed by atoms with Gasteiger partial charge in [-0.15, -0.1) is 0 Å². The van der Waals surface area contributed by atoms with Crippen molar-refractivity contribution in [1.29, 1.82) is 0 Å². The summed E-state index contributed by atoms with van der Waals surface area (Å²) in [6.07, 6.45) is 3.49. The molecular weight excluding hydrogens is 321 g/mol. The van der Waals surface area contributed by atoms with E-state index in [9.17, 15) is 14.3 Å². The molecular formula is C19H20FN3O2. The van der Waals surface area contributed by atoms with Crippen molar-refractivity contribution in [1.82, 2.24) is 14.7 Å². The Hall–Kier alpha value is -2.73. The molecule has 2 aromatic heterocycles. The van der Waals surface area contributed by atoms with Crippen LogP contribution in [0, 0.1) is 5.82 Å². The number of carbonyl (C=O) groups excluding carboxylic acids is 1. The summed E-state index contributed by atoms with van der Waals surface area (Å²) in [7, 11) is 0. The Morgan fingerprint density at radius 3 is 2.76 bits per heavy atom. The molecule has 0 aliphatic carbocycles. The first-order chi connectivity index (χ1) is 12.1. The molecule has 0 saturated heterocycles. The van der Waals surface area contributed by atoms with Crippen LogP contribution < -0.4 is 5.32 Å². The molecule has 1 amide bonds. The minimum absolute atomic E-state index is 0.0934. The van der Waals surface area contributed by atoms with E-state index in [1.807, 2.05) is 37.3 Å². The number of rotatable bonds is 6. The smallest absolute Gasteiger partial charge is 0.287 e. The van der Waals surface area contributed by atoms with Crippen molar-refractivity contribution in [3.05, 3.63) is 72.1 Å². The number of halogens is 1. The number of benzene rings is 1. The summed E-state index contributed by atoms with van der Waals surface area (Å²) in [5, 5.41) is 13.4. The maximum absolute atomic E-state index is 13.8. The first-order valence-electron chi connectivity index (χ1n) is 8.27. The Kier molecular flexibility index (Phi) is 5.09. The molecule has 0 aliphatic heterocycles. The van der Waals surface area contributed by atoms with E-state index < -0.39 is 23.9 Å². The number of aliphatic hydroxyl groups is 1. The number of nitrogens with one attached hydrogen (secondary N) is 1. The number of imidazole rings is 1. The highest BCUT2D eigenvalue weighted by Gasteiger charge is 2.24. The average Bonchev–Trinajstić information content (AvgIpc) is 3.07. The third-order valence-electron chi connectivity index (χ3n) is 4.16. The van der Waals surface area contributed by atoms with Crippen molar-refractivity contribution < 1.29 is 14.3 Å². The SMILES string of the molecule is CCCC(NC(=O)c1ncc2c(F)cccn12)C(O)c1ccccc1. The number of aromatic nitrogens is 2. The van der Waals surface area contributed by atoms with Crippen LogP contribution >= 0.6 is 0 Å². The van der Waals surface area contributed by atoms with Crippen molar-refractivity contribution in [2.75, 3.05) is 0 Å². The quantitative estimate of drug-likeness (QED) is 0.724. The summed E-state index contributed by atoms with van der Waals surface area (Å²) in [6.45, 7) is 1.98. The molecule has 3 rings (SSSR count). The minimum atomic E-state index is -0.826. The zero-order chi connectivity index (χ0) is 17.8. The third-order valence-corrected chi connectivity index (χ3v) is 4.16. The summed E-state index contributed by atoms with van der Waals surface area (Å²) >= 11 is 0. The predicted molar refractivity (Wildman–Crippen MR) is 92.7 cm³/mol. The van der Waals surface area contributed by atoms with Gasteiger partial charge in [0.1, 0.15) is 11.3 Å². The summed E-state index contributed by atoms with van der Waals surface area (Å²) in [5.41, 5.74) is 0.976. The number of aliphatic hydroxyl groups excluding tert-OH is 1. The normalized spacial score (nSPS) is 13.6. The van der Waals surface area contributed by atoms with Crippen LogP contribution in [0.3, 0.4) is 0 Å². The van der Waals surface area contributed by atoms with E-state index in [0.717, 1.165) is 12.0 Å². The van der Waals surface area contributed by atoms with Gasteiger partial charge in [0.15, 0.2) is 0 Å². The molecule has 0 saturated carbocycles. The third kappa shape index (κ3) is 3.53. The lowest BCUT2D eigenvalue weighted by Gasteiger charge is -2.24. The van der Waals surface area contributed by atoms with Gasteiger partial charge in [-0.05, 0) is 24.1 Å². The second kappa shape index (κ2) is 7.44. The molecule has 2 heterocycles. The topological polar surface area (TPSA) is 66.6 Å². The van der Waals surface area contributed by atoms with Gasteiger partial charge in [0.05, 0.1) is 18.3 Å². The fourth-order valence-corrected chi connectivity index (χ4v) is 2.89. The summed E-state index contributed by atoms with van der Waals surface area (Å²) in [5.74, 6) is -0.793. The molecule has 1 aromatic carbocycles. The monoisotopic (exact) mass is 341 g/mol. The molecule has 0 bridgehead atoms. The maximum atomic E-state index is 13.8. The molecule has 0 radical (unpaired) electrons. The van der Waals surface area contributed by atoms with Crippen molar-refractivity contribution in [2.24, 2.45) is 0 Å². The summed E-state index contributed by atoms with van der Waals surface area (Å²) < 4.78 is 15.2. The minimum Gasteiger partial charge on any atom is -0.386 e. The highest BCUT2D eigenvalue weighted by atomic mass is 19.1. The van der Waals surface area contributed by atoms with Gasteiger partial charge in [0.25, 0.3) is 5.91 Å². The molecule has 2 unspecified atom stereocenters. The number of nitrogens with zero attached hydrogens (tertiary/aromatic N) is 2. The lowest BCUT2D eigenvalue weighted by atomic mass is 9.98. The Morgan fingerprint density at radius 1 is 1.28 bits per heavy atom. The van der Waals surface area contributed by atoms with Gasteiger partial charge in [0, 0.05) is 6.20 Å². The second-order valence-corrected chi connectivity index (χ2v) is 5.92. The number of hydrogen-bond acceptors (Lipinski definition) is 3. The van der Waals surface area contributed by atoms with Gasteiger partial charge in [-0.25, -0.2) is 9.37 Å². The van der Waals surface area contributed by atoms with Crippen LogP contribution in [0.15, 0.2) is 54.9 Å². The van der Waals surface area contributed by atoms with Crippen LogP contribution in [0.2, 0.25) is 0 Å². The average molecular weight is 341 g/mol. The number of amides is 1. The van der Waals surface area contributed by atoms with Crippen LogP contribution in [0.5, 0.6) is 0 Å². The fraction of sp³-hybridized carbons (Fsp3) is 0.263. The van der Waals surface area contributed by atoms with Gasteiger partial charge in [-0.1, -0.05) is 43.7 Å². The van der Waals surface area contributed by atoms with E-state index in [0.29, 0.717) is 6.42 Å². The van der Waals surface area contributed by atoms with E-state index in [4.69, 9.17) is 0 Å². The maximum Gasteiger partial charge on any atom is 0.287 e. The van der Waals surface area contributed by atoms with Crippen LogP contribution in [-0.4, -0.2) is 26.4 Å². The number of hydrogen-bond donors (Lipinski definition) is 2. The highest BCUT2D eigenvalue weighted by Crippen LogP contribution is 2.20. The molecule has 0 spiro atoms. The summed E-state index contributed by atoms with van der Waals surface area (Å²) in [6, 6.07) is 11.6. The van der Waals surface area contributed by atoms with E-state index in [2.05, 4.69) is 10.3 Å². The Balaban J connectivity index is 1.84. The molecule has 2 N–H and O–H groups in total. The zero-order valence-corrected chi connectivity index (χ0v) is 13.9. The fourth-order valence-electron chi connectivity index (χ4n) is 2.89. The molecule has 25 heavy (non-hydrogen) atoms. The zero-order valence-electron chi connectivity index (χ0n) is 13.9. The molecule has 0 fully saturated rings. The van der Waals surface area contributed by atoms with Gasteiger partial charge in [-0.2, -0.15) is 0 Å².